The molecule has 6 heteroatoms. The van der Waals surface area contributed by atoms with E-state index >= 15 is 0 Å². The average Bonchev–Trinajstić information content (AvgIpc) is 2.46. The van der Waals surface area contributed by atoms with Crippen molar-refractivity contribution in [2.24, 2.45) is 0 Å². The van der Waals surface area contributed by atoms with Crippen LogP contribution in [0.25, 0.3) is 6.08 Å². The van der Waals surface area contributed by atoms with Crippen LogP contribution in [-0.4, -0.2) is 14.3 Å². The van der Waals surface area contributed by atoms with E-state index in [2.05, 4.69) is 4.72 Å². The van der Waals surface area contributed by atoms with Gasteiger partial charge in [-0.25, -0.2) is 8.42 Å². The highest BCUT2D eigenvalue weighted by atomic mass is 35.5. The van der Waals surface area contributed by atoms with Crippen molar-refractivity contribution in [3.05, 3.63) is 76.2 Å². The molecule has 0 heterocycles. The van der Waals surface area contributed by atoms with Gasteiger partial charge in [-0.05, 0) is 35.9 Å². The van der Waals surface area contributed by atoms with Gasteiger partial charge in [0.05, 0.1) is 5.41 Å². The normalized spacial score (nSPS) is 11.5. The van der Waals surface area contributed by atoms with E-state index in [0.717, 1.165) is 11.0 Å². The number of hydrogen-bond donors (Lipinski definition) is 2. The highest BCUT2D eigenvalue weighted by Crippen LogP contribution is 2.10. The first-order valence-corrected chi connectivity index (χ1v) is 7.99. The number of halogens is 1. The van der Waals surface area contributed by atoms with Gasteiger partial charge in [-0.1, -0.05) is 41.9 Å². The highest BCUT2D eigenvalue weighted by Gasteiger charge is 2.09. The molecule has 21 heavy (non-hydrogen) atoms. The maximum atomic E-state index is 11.9. The maximum absolute atomic E-state index is 11.9. The second-order valence-electron chi connectivity index (χ2n) is 4.24. The molecule has 0 radical (unpaired) electrons. The van der Waals surface area contributed by atoms with E-state index in [1.54, 1.807) is 36.4 Å². The Labute approximate surface area is 128 Å². The van der Waals surface area contributed by atoms with Gasteiger partial charge < -0.3 is 0 Å². The summed E-state index contributed by atoms with van der Waals surface area (Å²) in [5.41, 5.74) is 1.21. The zero-order valence-corrected chi connectivity index (χ0v) is 12.5. The van der Waals surface area contributed by atoms with Gasteiger partial charge in [0.15, 0.2) is 0 Å². The van der Waals surface area contributed by atoms with Crippen molar-refractivity contribution in [1.29, 1.82) is 5.41 Å². The molecule has 2 rings (SSSR count). The SMILES string of the molecule is N=C(NS(=O)(=O)/C=C/c1ccccc1)c1ccc(Cl)cc1. The highest BCUT2D eigenvalue weighted by molar-refractivity contribution is 7.93. The molecule has 0 atom stereocenters. The Kier molecular flexibility index (Phi) is 4.77. The quantitative estimate of drug-likeness (QED) is 0.670. The van der Waals surface area contributed by atoms with Crippen molar-refractivity contribution in [2.75, 3.05) is 0 Å². The maximum Gasteiger partial charge on any atom is 0.256 e. The summed E-state index contributed by atoms with van der Waals surface area (Å²) in [6.07, 6.45) is 1.47. The number of amidine groups is 1. The summed E-state index contributed by atoms with van der Waals surface area (Å²) in [4.78, 5) is 0. The van der Waals surface area contributed by atoms with Crippen molar-refractivity contribution in [1.82, 2.24) is 4.72 Å². The summed E-state index contributed by atoms with van der Waals surface area (Å²) in [7, 11) is -3.73. The topological polar surface area (TPSA) is 70.0 Å². The van der Waals surface area contributed by atoms with E-state index in [1.165, 1.54) is 6.08 Å². The van der Waals surface area contributed by atoms with E-state index in [1.807, 2.05) is 18.2 Å². The minimum absolute atomic E-state index is 0.204. The standard InChI is InChI=1S/C15H13ClN2O2S/c16-14-8-6-13(7-9-14)15(17)18-21(19,20)11-10-12-4-2-1-3-5-12/h1-11H,(H2,17,18)/b11-10+. The van der Waals surface area contributed by atoms with E-state index in [-0.39, 0.29) is 5.84 Å². The molecule has 0 bridgehead atoms. The minimum atomic E-state index is -3.73. The molecule has 2 aromatic rings. The molecule has 0 unspecified atom stereocenters. The second kappa shape index (κ2) is 6.56. The molecular weight excluding hydrogens is 308 g/mol. The molecule has 4 nitrogen and oxygen atoms in total. The summed E-state index contributed by atoms with van der Waals surface area (Å²) < 4.78 is 26.0. The smallest absolute Gasteiger partial charge is 0.256 e. The molecule has 108 valence electrons. The average molecular weight is 321 g/mol. The molecule has 2 N–H and O–H groups in total. The van der Waals surface area contributed by atoms with Crippen LogP contribution in [0.2, 0.25) is 5.02 Å². The molecule has 0 saturated heterocycles. The number of sulfonamides is 1. The molecular formula is C15H13ClN2O2S. The Hall–Kier alpha value is -2.11. The summed E-state index contributed by atoms with van der Waals surface area (Å²) >= 11 is 5.75. The summed E-state index contributed by atoms with van der Waals surface area (Å²) in [6, 6.07) is 15.4. The fourth-order valence-electron chi connectivity index (χ4n) is 1.58. The number of rotatable bonds is 4. The van der Waals surface area contributed by atoms with Gasteiger partial charge in [-0.15, -0.1) is 0 Å². The zero-order valence-electron chi connectivity index (χ0n) is 11.0. The number of hydrogen-bond acceptors (Lipinski definition) is 3. The van der Waals surface area contributed by atoms with E-state index in [4.69, 9.17) is 17.0 Å². The Balaban J connectivity index is 2.09. The first kappa shape index (κ1) is 15.3. The number of nitrogens with one attached hydrogen (secondary N) is 2. The van der Waals surface area contributed by atoms with Crippen molar-refractivity contribution in [3.8, 4) is 0 Å². The lowest BCUT2D eigenvalue weighted by Crippen LogP contribution is -2.28. The third kappa shape index (κ3) is 4.73. The summed E-state index contributed by atoms with van der Waals surface area (Å²) in [6.45, 7) is 0. The molecule has 0 aliphatic carbocycles. The molecule has 0 aromatic heterocycles. The van der Waals surface area contributed by atoms with Gasteiger partial charge in [-0.2, -0.15) is 0 Å². The van der Waals surface area contributed by atoms with E-state index in [9.17, 15) is 8.42 Å². The van der Waals surface area contributed by atoms with Crippen LogP contribution >= 0.6 is 11.6 Å². The fourth-order valence-corrected chi connectivity index (χ4v) is 2.52. The van der Waals surface area contributed by atoms with Crippen LogP contribution in [0.15, 0.2) is 60.0 Å². The Morgan fingerprint density at radius 2 is 1.67 bits per heavy atom. The van der Waals surface area contributed by atoms with E-state index < -0.39 is 10.0 Å². The van der Waals surface area contributed by atoms with Gasteiger partial charge >= 0.3 is 0 Å². The zero-order chi connectivity index (χ0) is 15.3. The van der Waals surface area contributed by atoms with Gasteiger partial charge in [0.2, 0.25) is 0 Å². The third-order valence-electron chi connectivity index (χ3n) is 2.62. The molecule has 0 aliphatic rings. The van der Waals surface area contributed by atoms with Crippen LogP contribution in [0.3, 0.4) is 0 Å². The summed E-state index contributed by atoms with van der Waals surface area (Å²) in [5, 5.41) is 9.33. The number of benzene rings is 2. The van der Waals surface area contributed by atoms with Crippen LogP contribution in [0, 0.1) is 5.41 Å². The first-order chi connectivity index (χ1) is 9.96. The van der Waals surface area contributed by atoms with E-state index in [0.29, 0.717) is 10.6 Å². The molecule has 0 amide bonds. The lowest BCUT2D eigenvalue weighted by atomic mass is 10.2. The molecule has 0 aliphatic heterocycles. The Morgan fingerprint density at radius 1 is 1.05 bits per heavy atom. The van der Waals surface area contributed by atoms with Crippen molar-refractivity contribution < 1.29 is 8.42 Å². The Bertz CT molecular complexity index is 754. The largest absolute Gasteiger partial charge is 0.283 e. The second-order valence-corrected chi connectivity index (χ2v) is 6.25. The van der Waals surface area contributed by atoms with Crippen LogP contribution < -0.4 is 4.72 Å². The third-order valence-corrected chi connectivity index (χ3v) is 3.85. The predicted molar refractivity (Wildman–Crippen MR) is 85.8 cm³/mol. The molecule has 0 fully saturated rings. The minimum Gasteiger partial charge on any atom is -0.283 e. The lowest BCUT2D eigenvalue weighted by Gasteiger charge is -2.06. The lowest BCUT2D eigenvalue weighted by molar-refractivity contribution is 0.601. The summed E-state index contributed by atoms with van der Waals surface area (Å²) in [5.74, 6) is -0.204. The van der Waals surface area contributed by atoms with Crippen LogP contribution in [-0.2, 0) is 10.0 Å². The van der Waals surface area contributed by atoms with Gasteiger partial charge in [0, 0.05) is 10.6 Å². The van der Waals surface area contributed by atoms with Crippen LogP contribution in [0.5, 0.6) is 0 Å². The van der Waals surface area contributed by atoms with Crippen molar-refractivity contribution >= 4 is 33.5 Å². The van der Waals surface area contributed by atoms with Crippen molar-refractivity contribution in [3.63, 3.8) is 0 Å². The Morgan fingerprint density at radius 3 is 2.29 bits per heavy atom. The van der Waals surface area contributed by atoms with Crippen molar-refractivity contribution in [2.45, 2.75) is 0 Å². The fraction of sp³-hybridized carbons (Fsp3) is 0. The van der Waals surface area contributed by atoms with Gasteiger partial charge in [-0.3, -0.25) is 10.1 Å². The molecule has 0 spiro atoms. The van der Waals surface area contributed by atoms with Gasteiger partial charge in [0.25, 0.3) is 10.0 Å². The predicted octanol–water partition coefficient (Wildman–Crippen LogP) is 3.26. The van der Waals surface area contributed by atoms with Gasteiger partial charge in [0.1, 0.15) is 5.84 Å². The first-order valence-electron chi connectivity index (χ1n) is 6.07. The van der Waals surface area contributed by atoms with Crippen LogP contribution in [0.4, 0.5) is 0 Å². The molecule has 2 aromatic carbocycles. The molecule has 0 saturated carbocycles. The monoisotopic (exact) mass is 320 g/mol. The van der Waals surface area contributed by atoms with Crippen LogP contribution in [0.1, 0.15) is 11.1 Å².